The van der Waals surface area contributed by atoms with Crippen molar-refractivity contribution in [3.05, 3.63) is 48.0 Å². The predicted molar refractivity (Wildman–Crippen MR) is 63.7 cm³/mol. The standard InChI is InChI=1S/C13H12F3N3O/c1-9-12(20-9,6-19-8-17-7-18-19)10-2-4-11(5-3-10)13(14,15)16/h2-5,7-9H,6H2,1H3/t9-,12+/m0/s1. The second-order valence-electron chi connectivity index (χ2n) is 4.82. The molecule has 7 heteroatoms. The number of epoxide rings is 1. The molecule has 1 aromatic carbocycles. The molecule has 0 saturated carbocycles. The molecule has 4 nitrogen and oxygen atoms in total. The molecule has 0 N–H and O–H groups in total. The minimum absolute atomic E-state index is 0.0663. The van der Waals surface area contributed by atoms with Crippen molar-refractivity contribution in [2.45, 2.75) is 31.3 Å². The molecule has 2 heterocycles. The Kier molecular flexibility index (Phi) is 2.82. The maximum atomic E-state index is 12.6. The van der Waals surface area contributed by atoms with Gasteiger partial charge in [0.2, 0.25) is 0 Å². The van der Waals surface area contributed by atoms with Gasteiger partial charge in [0.1, 0.15) is 18.3 Å². The number of hydrogen-bond acceptors (Lipinski definition) is 3. The number of aromatic nitrogens is 3. The predicted octanol–water partition coefficient (Wildman–Crippen LogP) is 2.61. The molecule has 2 atom stereocenters. The third-order valence-corrected chi connectivity index (χ3v) is 3.55. The van der Waals surface area contributed by atoms with Crippen LogP contribution in [-0.4, -0.2) is 20.9 Å². The van der Waals surface area contributed by atoms with Gasteiger partial charge in [0, 0.05) is 0 Å². The second-order valence-corrected chi connectivity index (χ2v) is 4.82. The Balaban J connectivity index is 1.87. The summed E-state index contributed by atoms with van der Waals surface area (Å²) in [6, 6.07) is 5.08. The lowest BCUT2D eigenvalue weighted by Crippen LogP contribution is -2.20. The van der Waals surface area contributed by atoms with Crippen molar-refractivity contribution >= 4 is 0 Å². The molecule has 1 aromatic heterocycles. The molecular formula is C13H12F3N3O. The van der Waals surface area contributed by atoms with Gasteiger partial charge < -0.3 is 4.74 Å². The van der Waals surface area contributed by atoms with E-state index in [0.717, 1.165) is 12.1 Å². The Hall–Kier alpha value is -1.89. The van der Waals surface area contributed by atoms with Gasteiger partial charge in [0.15, 0.2) is 0 Å². The second kappa shape index (κ2) is 4.31. The van der Waals surface area contributed by atoms with Crippen LogP contribution >= 0.6 is 0 Å². The lowest BCUT2D eigenvalue weighted by Gasteiger charge is -2.14. The fourth-order valence-electron chi connectivity index (χ4n) is 2.34. The summed E-state index contributed by atoms with van der Waals surface area (Å²) in [4.78, 5) is 3.85. The van der Waals surface area contributed by atoms with E-state index < -0.39 is 17.3 Å². The molecule has 0 radical (unpaired) electrons. The van der Waals surface area contributed by atoms with E-state index in [1.165, 1.54) is 18.5 Å². The minimum atomic E-state index is -4.33. The first-order valence-electron chi connectivity index (χ1n) is 6.10. The van der Waals surface area contributed by atoms with Gasteiger partial charge in [-0.15, -0.1) is 0 Å². The zero-order valence-corrected chi connectivity index (χ0v) is 10.6. The molecule has 0 aliphatic carbocycles. The van der Waals surface area contributed by atoms with Crippen molar-refractivity contribution in [1.29, 1.82) is 0 Å². The summed E-state index contributed by atoms with van der Waals surface area (Å²) < 4.78 is 44.9. The number of rotatable bonds is 3. The number of nitrogens with zero attached hydrogens (tertiary/aromatic N) is 3. The van der Waals surface area contributed by atoms with E-state index in [-0.39, 0.29) is 6.10 Å². The summed E-state index contributed by atoms with van der Waals surface area (Å²) in [6.07, 6.45) is -1.43. The van der Waals surface area contributed by atoms with E-state index in [2.05, 4.69) is 10.1 Å². The quantitative estimate of drug-likeness (QED) is 0.813. The van der Waals surface area contributed by atoms with E-state index in [9.17, 15) is 13.2 Å². The van der Waals surface area contributed by atoms with Crippen molar-refractivity contribution in [3.8, 4) is 0 Å². The lowest BCUT2D eigenvalue weighted by molar-refractivity contribution is -0.137. The third-order valence-electron chi connectivity index (χ3n) is 3.55. The number of benzene rings is 1. The number of halogens is 3. The van der Waals surface area contributed by atoms with Crippen LogP contribution in [0.3, 0.4) is 0 Å². The van der Waals surface area contributed by atoms with Crippen molar-refractivity contribution in [3.63, 3.8) is 0 Å². The number of alkyl halides is 3. The molecule has 0 amide bonds. The van der Waals surface area contributed by atoms with Crippen molar-refractivity contribution in [2.75, 3.05) is 0 Å². The van der Waals surface area contributed by atoms with Crippen LogP contribution in [0, 0.1) is 0 Å². The summed E-state index contributed by atoms with van der Waals surface area (Å²) in [6.45, 7) is 2.31. The molecule has 2 aromatic rings. The molecule has 3 rings (SSSR count). The van der Waals surface area contributed by atoms with Gasteiger partial charge in [0.25, 0.3) is 0 Å². The maximum absolute atomic E-state index is 12.6. The average molecular weight is 283 g/mol. The van der Waals surface area contributed by atoms with Gasteiger partial charge in [-0.25, -0.2) is 9.67 Å². The van der Waals surface area contributed by atoms with Crippen molar-refractivity contribution in [2.24, 2.45) is 0 Å². The Bertz CT molecular complexity index is 594. The Labute approximate surface area is 113 Å². The molecular weight excluding hydrogens is 271 g/mol. The van der Waals surface area contributed by atoms with Crippen LogP contribution in [0.4, 0.5) is 13.2 Å². The van der Waals surface area contributed by atoms with E-state index in [1.54, 1.807) is 11.0 Å². The Morgan fingerprint density at radius 3 is 2.40 bits per heavy atom. The van der Waals surface area contributed by atoms with E-state index in [4.69, 9.17) is 4.74 Å². The van der Waals surface area contributed by atoms with Gasteiger partial charge in [0.05, 0.1) is 18.2 Å². The summed E-state index contributed by atoms with van der Waals surface area (Å²) >= 11 is 0. The molecule has 106 valence electrons. The van der Waals surface area contributed by atoms with Crippen LogP contribution in [0.25, 0.3) is 0 Å². The van der Waals surface area contributed by atoms with Crippen LogP contribution in [-0.2, 0) is 23.1 Å². The largest absolute Gasteiger partial charge is 0.416 e. The smallest absolute Gasteiger partial charge is 0.359 e. The molecule has 1 aliphatic rings. The van der Waals surface area contributed by atoms with E-state index in [0.29, 0.717) is 12.1 Å². The molecule has 0 unspecified atom stereocenters. The lowest BCUT2D eigenvalue weighted by atomic mass is 9.95. The van der Waals surface area contributed by atoms with Crippen molar-refractivity contribution < 1.29 is 17.9 Å². The fourth-order valence-corrected chi connectivity index (χ4v) is 2.34. The third kappa shape index (κ3) is 2.18. The van der Waals surface area contributed by atoms with Crippen LogP contribution in [0.2, 0.25) is 0 Å². The summed E-state index contributed by atoms with van der Waals surface area (Å²) in [5.41, 5.74) is -0.559. The highest BCUT2D eigenvalue weighted by atomic mass is 19.4. The maximum Gasteiger partial charge on any atom is 0.416 e. The highest BCUT2D eigenvalue weighted by molar-refractivity contribution is 5.33. The zero-order valence-electron chi connectivity index (χ0n) is 10.6. The van der Waals surface area contributed by atoms with E-state index in [1.807, 2.05) is 6.92 Å². The minimum Gasteiger partial charge on any atom is -0.359 e. The highest BCUT2D eigenvalue weighted by Crippen LogP contribution is 2.47. The average Bonchev–Trinajstić information content (AvgIpc) is 2.82. The Morgan fingerprint density at radius 2 is 1.95 bits per heavy atom. The summed E-state index contributed by atoms with van der Waals surface area (Å²) in [5.74, 6) is 0. The van der Waals surface area contributed by atoms with Crippen LogP contribution in [0.5, 0.6) is 0 Å². The summed E-state index contributed by atoms with van der Waals surface area (Å²) in [5, 5.41) is 4.00. The first-order valence-corrected chi connectivity index (χ1v) is 6.10. The van der Waals surface area contributed by atoms with Gasteiger partial charge in [-0.2, -0.15) is 18.3 Å². The highest BCUT2D eigenvalue weighted by Gasteiger charge is 2.55. The number of ether oxygens (including phenoxy) is 1. The van der Waals surface area contributed by atoms with Gasteiger partial charge in [-0.3, -0.25) is 0 Å². The first-order chi connectivity index (χ1) is 9.42. The normalized spacial score (nSPS) is 25.7. The SMILES string of the molecule is C[C@@H]1O[C@@]1(Cn1cncn1)c1ccc(C(F)(F)F)cc1. The van der Waals surface area contributed by atoms with Crippen LogP contribution in [0.1, 0.15) is 18.1 Å². The van der Waals surface area contributed by atoms with Crippen LogP contribution < -0.4 is 0 Å². The topological polar surface area (TPSA) is 43.2 Å². The molecule has 1 saturated heterocycles. The molecule has 0 bridgehead atoms. The van der Waals surface area contributed by atoms with Crippen molar-refractivity contribution in [1.82, 2.24) is 14.8 Å². The number of hydrogen-bond donors (Lipinski definition) is 0. The monoisotopic (exact) mass is 283 g/mol. The van der Waals surface area contributed by atoms with Crippen LogP contribution in [0.15, 0.2) is 36.9 Å². The molecule has 1 aliphatic heterocycles. The van der Waals surface area contributed by atoms with Gasteiger partial charge >= 0.3 is 6.18 Å². The van der Waals surface area contributed by atoms with Gasteiger partial charge in [-0.1, -0.05) is 12.1 Å². The fraction of sp³-hybridized carbons (Fsp3) is 0.385. The van der Waals surface area contributed by atoms with Gasteiger partial charge in [-0.05, 0) is 24.6 Å². The zero-order chi connectivity index (χ0) is 14.4. The Morgan fingerprint density at radius 1 is 1.30 bits per heavy atom. The first kappa shape index (κ1) is 13.1. The molecule has 1 fully saturated rings. The van der Waals surface area contributed by atoms with E-state index >= 15 is 0 Å². The molecule has 0 spiro atoms. The molecule has 20 heavy (non-hydrogen) atoms. The summed E-state index contributed by atoms with van der Waals surface area (Å²) in [7, 11) is 0.